The van der Waals surface area contributed by atoms with Crippen molar-refractivity contribution in [2.24, 2.45) is 5.92 Å². The van der Waals surface area contributed by atoms with Gasteiger partial charge in [0.2, 0.25) is 5.91 Å². The second kappa shape index (κ2) is 10.7. The fourth-order valence-electron chi connectivity index (χ4n) is 3.24. The number of nitrogens with two attached hydrogens (primary N) is 1. The van der Waals surface area contributed by atoms with Crippen molar-refractivity contribution in [3.63, 3.8) is 0 Å². The van der Waals surface area contributed by atoms with Crippen LogP contribution in [0, 0.1) is 17.2 Å². The number of nitriles is 1. The van der Waals surface area contributed by atoms with E-state index in [0.29, 0.717) is 13.0 Å². The minimum absolute atomic E-state index is 0.0165. The summed E-state index contributed by atoms with van der Waals surface area (Å²) in [6.45, 7) is 7.70. The van der Waals surface area contributed by atoms with Gasteiger partial charge in [-0.05, 0) is 24.8 Å². The third-order valence-electron chi connectivity index (χ3n) is 5.60. The Morgan fingerprint density at radius 2 is 1.97 bits per heavy atom. The standard InChI is InChI=1S/C23H32N6O3/c1-5-6-12-29-20(25)19(21(31)26-22(29)32)28(13-17-10-8-7-9-11-17)14-18(30)27-23(4,15-24)16(2)3/h7-11,16H,5-6,12-14,25H2,1-4H3,(H,27,30)(H,26,31,32). The van der Waals surface area contributed by atoms with Crippen molar-refractivity contribution in [3.05, 3.63) is 56.7 Å². The van der Waals surface area contributed by atoms with Crippen molar-refractivity contribution in [3.8, 4) is 6.07 Å². The number of nitrogens with one attached hydrogen (secondary N) is 2. The maximum absolute atomic E-state index is 12.9. The Kier molecular flexibility index (Phi) is 8.24. The molecule has 1 heterocycles. The van der Waals surface area contributed by atoms with Crippen LogP contribution in [0.1, 0.15) is 46.1 Å². The zero-order valence-electron chi connectivity index (χ0n) is 19.1. The largest absolute Gasteiger partial charge is 0.383 e. The Balaban J connectivity index is 2.49. The number of nitrogens with zero attached hydrogens (tertiary/aromatic N) is 3. The van der Waals surface area contributed by atoms with Crippen LogP contribution >= 0.6 is 0 Å². The summed E-state index contributed by atoms with van der Waals surface area (Å²) in [5.74, 6) is -0.532. The number of hydrogen-bond acceptors (Lipinski definition) is 6. The van der Waals surface area contributed by atoms with E-state index in [0.717, 1.165) is 12.0 Å². The van der Waals surface area contributed by atoms with Crippen molar-refractivity contribution < 1.29 is 4.79 Å². The van der Waals surface area contributed by atoms with Crippen LogP contribution in [0.5, 0.6) is 0 Å². The number of hydrogen-bond donors (Lipinski definition) is 3. The van der Waals surface area contributed by atoms with Gasteiger partial charge in [-0.2, -0.15) is 5.26 Å². The maximum atomic E-state index is 12.9. The molecule has 0 spiro atoms. The number of nitrogen functional groups attached to an aromatic ring is 1. The summed E-state index contributed by atoms with van der Waals surface area (Å²) < 4.78 is 1.32. The lowest BCUT2D eigenvalue weighted by atomic mass is 9.90. The zero-order valence-corrected chi connectivity index (χ0v) is 19.1. The molecule has 0 aliphatic rings. The molecule has 9 heteroatoms. The van der Waals surface area contributed by atoms with Gasteiger partial charge in [0, 0.05) is 13.1 Å². The van der Waals surface area contributed by atoms with E-state index in [1.807, 2.05) is 51.1 Å². The van der Waals surface area contributed by atoms with Crippen molar-refractivity contribution in [2.75, 3.05) is 17.2 Å². The number of aromatic amines is 1. The van der Waals surface area contributed by atoms with Crippen LogP contribution in [0.3, 0.4) is 0 Å². The van der Waals surface area contributed by atoms with Crippen LogP contribution in [0.2, 0.25) is 0 Å². The molecule has 1 unspecified atom stereocenters. The minimum atomic E-state index is -1.06. The number of rotatable bonds is 10. The number of anilines is 2. The van der Waals surface area contributed by atoms with Crippen molar-refractivity contribution in [2.45, 2.75) is 59.2 Å². The second-order valence-corrected chi connectivity index (χ2v) is 8.36. The van der Waals surface area contributed by atoms with Crippen molar-refractivity contribution in [1.82, 2.24) is 14.9 Å². The van der Waals surface area contributed by atoms with Gasteiger partial charge in [-0.15, -0.1) is 0 Å². The SMILES string of the molecule is CCCCn1c(N)c(N(CC(=O)NC(C)(C#N)C(C)C)Cc2ccccc2)c(=O)[nH]c1=O. The van der Waals surface area contributed by atoms with Gasteiger partial charge in [-0.25, -0.2) is 4.79 Å². The van der Waals surface area contributed by atoms with Gasteiger partial charge in [-0.3, -0.25) is 19.1 Å². The van der Waals surface area contributed by atoms with Crippen LogP contribution in [0.15, 0.2) is 39.9 Å². The maximum Gasteiger partial charge on any atom is 0.330 e. The smallest absolute Gasteiger partial charge is 0.330 e. The minimum Gasteiger partial charge on any atom is -0.383 e. The molecule has 0 saturated carbocycles. The van der Waals surface area contributed by atoms with Gasteiger partial charge >= 0.3 is 5.69 Å². The van der Waals surface area contributed by atoms with Gasteiger partial charge in [-0.1, -0.05) is 57.5 Å². The van der Waals surface area contributed by atoms with Gasteiger partial charge in [0.05, 0.1) is 12.6 Å². The lowest BCUT2D eigenvalue weighted by Crippen LogP contribution is -2.52. The van der Waals surface area contributed by atoms with Gasteiger partial charge in [0.25, 0.3) is 5.56 Å². The fourth-order valence-corrected chi connectivity index (χ4v) is 3.24. The Morgan fingerprint density at radius 3 is 2.53 bits per heavy atom. The van der Waals surface area contributed by atoms with Crippen molar-refractivity contribution in [1.29, 1.82) is 5.26 Å². The van der Waals surface area contributed by atoms with Gasteiger partial charge in [0.15, 0.2) is 0 Å². The lowest BCUT2D eigenvalue weighted by molar-refractivity contribution is -0.121. The zero-order chi connectivity index (χ0) is 23.9. The normalized spacial score (nSPS) is 12.8. The van der Waals surface area contributed by atoms with Crippen LogP contribution in [-0.2, 0) is 17.9 Å². The van der Waals surface area contributed by atoms with Crippen LogP contribution < -0.4 is 27.2 Å². The fraction of sp³-hybridized carbons (Fsp3) is 0.478. The van der Waals surface area contributed by atoms with E-state index in [1.165, 1.54) is 4.57 Å². The molecule has 2 rings (SSSR count). The van der Waals surface area contributed by atoms with Crippen LogP contribution in [0.25, 0.3) is 0 Å². The summed E-state index contributed by atoms with van der Waals surface area (Å²) in [4.78, 5) is 41.9. The van der Waals surface area contributed by atoms with E-state index in [1.54, 1.807) is 11.8 Å². The van der Waals surface area contributed by atoms with Gasteiger partial charge in [0.1, 0.15) is 17.0 Å². The summed E-state index contributed by atoms with van der Waals surface area (Å²) in [5.41, 5.74) is 4.90. The molecule has 1 amide bonds. The number of aromatic nitrogens is 2. The highest BCUT2D eigenvalue weighted by Crippen LogP contribution is 2.20. The van der Waals surface area contributed by atoms with E-state index in [9.17, 15) is 19.6 Å². The molecular formula is C23H32N6O3. The van der Waals surface area contributed by atoms with E-state index in [2.05, 4.69) is 16.4 Å². The Morgan fingerprint density at radius 1 is 1.31 bits per heavy atom. The predicted molar refractivity (Wildman–Crippen MR) is 125 cm³/mol. The number of amides is 1. The number of benzene rings is 1. The number of carbonyl (C=O) groups excluding carboxylic acids is 1. The van der Waals surface area contributed by atoms with E-state index < -0.39 is 22.7 Å². The molecule has 0 radical (unpaired) electrons. The predicted octanol–water partition coefficient (Wildman–Crippen LogP) is 1.98. The summed E-state index contributed by atoms with van der Waals surface area (Å²) in [7, 11) is 0. The summed E-state index contributed by atoms with van der Waals surface area (Å²) in [5, 5.41) is 12.3. The average molecular weight is 441 g/mol. The molecule has 9 nitrogen and oxygen atoms in total. The summed E-state index contributed by atoms with van der Waals surface area (Å²) in [6, 6.07) is 11.5. The van der Waals surface area contributed by atoms with E-state index in [4.69, 9.17) is 5.73 Å². The molecule has 2 aromatic rings. The Labute approximate surface area is 187 Å². The first kappa shape index (κ1) is 24.7. The van der Waals surface area contributed by atoms with E-state index >= 15 is 0 Å². The number of unbranched alkanes of at least 4 members (excludes halogenated alkanes) is 1. The summed E-state index contributed by atoms with van der Waals surface area (Å²) in [6.07, 6.45) is 1.56. The molecule has 0 saturated heterocycles. The first-order chi connectivity index (χ1) is 15.1. The molecule has 0 bridgehead atoms. The molecule has 172 valence electrons. The Hall–Kier alpha value is -3.54. The first-order valence-corrected chi connectivity index (χ1v) is 10.8. The second-order valence-electron chi connectivity index (χ2n) is 8.36. The van der Waals surface area contributed by atoms with Crippen LogP contribution in [-0.4, -0.2) is 27.5 Å². The van der Waals surface area contributed by atoms with Crippen LogP contribution in [0.4, 0.5) is 11.5 Å². The monoisotopic (exact) mass is 440 g/mol. The molecule has 4 N–H and O–H groups in total. The van der Waals surface area contributed by atoms with Crippen molar-refractivity contribution >= 4 is 17.4 Å². The molecule has 0 aliphatic carbocycles. The summed E-state index contributed by atoms with van der Waals surface area (Å²) >= 11 is 0. The average Bonchev–Trinajstić information content (AvgIpc) is 2.73. The number of carbonyl (C=O) groups is 1. The third-order valence-corrected chi connectivity index (χ3v) is 5.60. The highest BCUT2D eigenvalue weighted by atomic mass is 16.2. The van der Waals surface area contributed by atoms with Gasteiger partial charge < -0.3 is 16.0 Å². The molecule has 1 atom stereocenters. The first-order valence-electron chi connectivity index (χ1n) is 10.8. The number of H-pyrrole nitrogens is 1. The van der Waals surface area contributed by atoms with E-state index in [-0.39, 0.29) is 30.5 Å². The highest BCUT2D eigenvalue weighted by molar-refractivity contribution is 5.83. The molecule has 0 aliphatic heterocycles. The quantitative estimate of drug-likeness (QED) is 0.517. The third kappa shape index (κ3) is 5.78. The molecule has 1 aromatic heterocycles. The topological polar surface area (TPSA) is 137 Å². The molecule has 0 fully saturated rings. The molecule has 1 aromatic carbocycles. The molecular weight excluding hydrogens is 408 g/mol. The molecule has 32 heavy (non-hydrogen) atoms. The highest BCUT2D eigenvalue weighted by Gasteiger charge is 2.31. The lowest BCUT2D eigenvalue weighted by Gasteiger charge is -2.30. The Bertz CT molecular complexity index is 1080.